The van der Waals surface area contributed by atoms with Gasteiger partial charge in [-0.2, -0.15) is 0 Å². The summed E-state index contributed by atoms with van der Waals surface area (Å²) in [5, 5.41) is 2.74. The number of nitrogens with one attached hydrogen (secondary N) is 1. The van der Waals surface area contributed by atoms with Crippen molar-refractivity contribution in [2.24, 2.45) is 5.92 Å². The van der Waals surface area contributed by atoms with Gasteiger partial charge in [-0.1, -0.05) is 0 Å². The van der Waals surface area contributed by atoms with Gasteiger partial charge in [0, 0.05) is 18.8 Å². The third kappa shape index (κ3) is 3.72. The molecule has 1 N–H and O–H groups in total. The van der Waals surface area contributed by atoms with Crippen LogP contribution < -0.4 is 5.32 Å². The van der Waals surface area contributed by atoms with Crippen LogP contribution in [-0.2, 0) is 4.79 Å². The molecule has 0 saturated heterocycles. The fourth-order valence-corrected chi connectivity index (χ4v) is 2.39. The molecule has 0 aliphatic heterocycles. The second-order valence-electron chi connectivity index (χ2n) is 4.95. The number of carbonyl (C=O) groups is 1. The van der Waals surface area contributed by atoms with Crippen molar-refractivity contribution in [1.29, 1.82) is 0 Å². The molecule has 0 spiro atoms. The Balaban J connectivity index is 1.96. The van der Waals surface area contributed by atoms with E-state index in [1.54, 1.807) is 12.3 Å². The molecule has 0 aromatic carbocycles. The van der Waals surface area contributed by atoms with Crippen LogP contribution in [0.15, 0.2) is 16.9 Å². The molecule has 1 saturated carbocycles. The highest BCUT2D eigenvalue weighted by molar-refractivity contribution is 9.10. The first-order valence-electron chi connectivity index (χ1n) is 6.18. The van der Waals surface area contributed by atoms with E-state index < -0.39 is 5.92 Å². The van der Waals surface area contributed by atoms with Crippen molar-refractivity contribution in [3.8, 4) is 0 Å². The monoisotopic (exact) mass is 332 g/mol. The highest BCUT2D eigenvalue weighted by atomic mass is 79.9. The van der Waals surface area contributed by atoms with Gasteiger partial charge >= 0.3 is 0 Å². The molecule has 104 valence electrons. The van der Waals surface area contributed by atoms with Gasteiger partial charge in [-0.25, -0.2) is 13.8 Å². The van der Waals surface area contributed by atoms with E-state index in [2.05, 4.69) is 26.2 Å². The van der Waals surface area contributed by atoms with Crippen LogP contribution in [0.5, 0.6) is 0 Å². The van der Waals surface area contributed by atoms with Crippen LogP contribution in [0.25, 0.3) is 0 Å². The number of hydrogen-bond acceptors (Lipinski definition) is 2. The Morgan fingerprint density at radius 3 is 2.68 bits per heavy atom. The van der Waals surface area contributed by atoms with E-state index in [4.69, 9.17) is 0 Å². The summed E-state index contributed by atoms with van der Waals surface area (Å²) < 4.78 is 26.8. The van der Waals surface area contributed by atoms with Crippen LogP contribution in [0.1, 0.15) is 31.2 Å². The SMILES string of the molecule is Cc1cc(NC(=O)C2CCC(F)(F)CC2)cnc1Br. The molecule has 1 heterocycles. The van der Waals surface area contributed by atoms with E-state index in [0.717, 1.165) is 10.2 Å². The summed E-state index contributed by atoms with van der Waals surface area (Å²) in [5.41, 5.74) is 1.51. The molecule has 0 atom stereocenters. The fraction of sp³-hybridized carbons (Fsp3) is 0.538. The lowest BCUT2D eigenvalue weighted by molar-refractivity contribution is -0.124. The summed E-state index contributed by atoms with van der Waals surface area (Å²) >= 11 is 3.28. The Bertz CT molecular complexity index is 484. The van der Waals surface area contributed by atoms with Crippen LogP contribution in [0, 0.1) is 12.8 Å². The lowest BCUT2D eigenvalue weighted by atomic mass is 9.86. The topological polar surface area (TPSA) is 42.0 Å². The first kappa shape index (κ1) is 14.4. The summed E-state index contributed by atoms with van der Waals surface area (Å²) in [6.45, 7) is 1.87. The maximum Gasteiger partial charge on any atom is 0.248 e. The number of hydrogen-bond donors (Lipinski definition) is 1. The smallest absolute Gasteiger partial charge is 0.248 e. The lowest BCUT2D eigenvalue weighted by Crippen LogP contribution is -2.31. The van der Waals surface area contributed by atoms with Crippen LogP contribution in [-0.4, -0.2) is 16.8 Å². The zero-order valence-electron chi connectivity index (χ0n) is 10.5. The molecule has 1 aliphatic carbocycles. The van der Waals surface area contributed by atoms with E-state index in [1.165, 1.54) is 0 Å². The Morgan fingerprint density at radius 1 is 1.47 bits per heavy atom. The lowest BCUT2D eigenvalue weighted by Gasteiger charge is -2.27. The van der Waals surface area contributed by atoms with Gasteiger partial charge in [0.15, 0.2) is 0 Å². The molecule has 3 nitrogen and oxygen atoms in total. The highest BCUT2D eigenvalue weighted by Crippen LogP contribution is 2.36. The highest BCUT2D eigenvalue weighted by Gasteiger charge is 2.37. The number of aryl methyl sites for hydroxylation is 1. The van der Waals surface area contributed by atoms with Crippen LogP contribution >= 0.6 is 15.9 Å². The van der Waals surface area contributed by atoms with Crippen molar-refractivity contribution in [2.45, 2.75) is 38.5 Å². The van der Waals surface area contributed by atoms with Gasteiger partial charge in [0.25, 0.3) is 0 Å². The van der Waals surface area contributed by atoms with E-state index >= 15 is 0 Å². The molecule has 2 rings (SSSR count). The molecular formula is C13H15BrF2N2O. The fourth-order valence-electron chi connectivity index (χ4n) is 2.17. The summed E-state index contributed by atoms with van der Waals surface area (Å²) in [6, 6.07) is 1.80. The standard InChI is InChI=1S/C13H15BrF2N2O/c1-8-6-10(7-17-11(8)14)18-12(19)9-2-4-13(15,16)5-3-9/h6-7,9H,2-5H2,1H3,(H,18,19). The van der Waals surface area contributed by atoms with Gasteiger partial charge in [0.1, 0.15) is 4.60 Å². The minimum atomic E-state index is -2.60. The van der Waals surface area contributed by atoms with Crippen LogP contribution in [0.3, 0.4) is 0 Å². The minimum absolute atomic E-state index is 0.195. The first-order valence-corrected chi connectivity index (χ1v) is 6.97. The number of alkyl halides is 2. The minimum Gasteiger partial charge on any atom is -0.324 e. The third-order valence-corrected chi connectivity index (χ3v) is 4.20. The van der Waals surface area contributed by atoms with Crippen molar-refractivity contribution in [3.63, 3.8) is 0 Å². The van der Waals surface area contributed by atoms with Gasteiger partial charge in [0.2, 0.25) is 11.8 Å². The van der Waals surface area contributed by atoms with Gasteiger partial charge in [0.05, 0.1) is 11.9 Å². The molecule has 1 amide bonds. The van der Waals surface area contributed by atoms with Gasteiger partial charge in [-0.15, -0.1) is 0 Å². The Labute approximate surface area is 118 Å². The number of pyridine rings is 1. The number of halogens is 3. The largest absolute Gasteiger partial charge is 0.324 e. The maximum atomic E-state index is 13.0. The molecule has 0 bridgehead atoms. The first-order chi connectivity index (χ1) is 8.87. The second-order valence-corrected chi connectivity index (χ2v) is 5.70. The molecule has 0 unspecified atom stereocenters. The quantitative estimate of drug-likeness (QED) is 0.834. The molecule has 6 heteroatoms. The second kappa shape index (κ2) is 5.53. The van der Waals surface area contributed by atoms with E-state index in [-0.39, 0.29) is 37.5 Å². The molecule has 1 aromatic heterocycles. The number of carbonyl (C=O) groups excluding carboxylic acids is 1. The van der Waals surface area contributed by atoms with Crippen LogP contribution in [0.2, 0.25) is 0 Å². The van der Waals surface area contributed by atoms with Crippen molar-refractivity contribution < 1.29 is 13.6 Å². The number of rotatable bonds is 2. The van der Waals surface area contributed by atoms with Gasteiger partial charge in [-0.3, -0.25) is 4.79 Å². The summed E-state index contributed by atoms with van der Waals surface area (Å²) in [5.74, 6) is -3.13. The number of amides is 1. The average Bonchev–Trinajstić information content (AvgIpc) is 2.33. The van der Waals surface area contributed by atoms with E-state index in [9.17, 15) is 13.6 Å². The molecule has 1 fully saturated rings. The Hall–Kier alpha value is -1.04. The molecule has 19 heavy (non-hydrogen) atoms. The summed E-state index contributed by atoms with van der Waals surface area (Å²) in [7, 11) is 0. The summed E-state index contributed by atoms with van der Waals surface area (Å²) in [6.07, 6.45) is 1.61. The molecule has 1 aliphatic rings. The Kier molecular flexibility index (Phi) is 4.18. The molecule has 1 aromatic rings. The number of anilines is 1. The maximum absolute atomic E-state index is 13.0. The third-order valence-electron chi connectivity index (χ3n) is 3.37. The Morgan fingerprint density at radius 2 is 2.11 bits per heavy atom. The van der Waals surface area contributed by atoms with Crippen LogP contribution in [0.4, 0.5) is 14.5 Å². The van der Waals surface area contributed by atoms with E-state index in [0.29, 0.717) is 5.69 Å². The molecular weight excluding hydrogens is 318 g/mol. The van der Waals surface area contributed by atoms with Crippen molar-refractivity contribution >= 4 is 27.5 Å². The number of aromatic nitrogens is 1. The van der Waals surface area contributed by atoms with Crippen molar-refractivity contribution in [2.75, 3.05) is 5.32 Å². The zero-order valence-corrected chi connectivity index (χ0v) is 12.1. The van der Waals surface area contributed by atoms with Gasteiger partial charge in [-0.05, 0) is 47.3 Å². The number of nitrogens with zero attached hydrogens (tertiary/aromatic N) is 1. The average molecular weight is 333 g/mol. The van der Waals surface area contributed by atoms with Gasteiger partial charge < -0.3 is 5.32 Å². The van der Waals surface area contributed by atoms with E-state index in [1.807, 2.05) is 6.92 Å². The normalized spacial score (nSPS) is 19.2. The van der Waals surface area contributed by atoms with Crippen molar-refractivity contribution in [3.05, 3.63) is 22.4 Å². The predicted octanol–water partition coefficient (Wildman–Crippen LogP) is 3.92. The zero-order chi connectivity index (χ0) is 14.0. The summed E-state index contributed by atoms with van der Waals surface area (Å²) in [4.78, 5) is 16.1. The van der Waals surface area contributed by atoms with Crippen molar-refractivity contribution in [1.82, 2.24) is 4.98 Å². The predicted molar refractivity (Wildman–Crippen MR) is 72.2 cm³/mol. The molecule has 0 radical (unpaired) electrons.